The molecule has 0 bridgehead atoms. The molecule has 0 unspecified atom stereocenters. The van der Waals surface area contributed by atoms with Crippen LogP contribution >= 0.6 is 11.3 Å². The highest BCUT2D eigenvalue weighted by atomic mass is 32.1. The smallest absolute Gasteiger partial charge is 0.251 e. The first-order chi connectivity index (χ1) is 10.8. The maximum absolute atomic E-state index is 11.9. The molecule has 0 spiro atoms. The lowest BCUT2D eigenvalue weighted by Gasteiger charge is -2.11. The molecule has 1 heterocycles. The summed E-state index contributed by atoms with van der Waals surface area (Å²) in [4.78, 5) is 17.3. The highest BCUT2D eigenvalue weighted by Gasteiger charge is 2.03. The Labute approximate surface area is 134 Å². The number of rotatable bonds is 6. The summed E-state index contributed by atoms with van der Waals surface area (Å²) in [5.74, 6) is 0.659. The molecule has 116 valence electrons. The number of guanidine groups is 1. The topological polar surface area (TPSA) is 65.5 Å². The normalized spacial score (nSPS) is 11.0. The maximum atomic E-state index is 11.9. The van der Waals surface area contributed by atoms with Crippen molar-refractivity contribution >= 4 is 23.2 Å². The van der Waals surface area contributed by atoms with Crippen LogP contribution < -0.4 is 16.0 Å². The minimum atomic E-state index is -0.0658. The zero-order valence-corrected chi connectivity index (χ0v) is 13.3. The Bertz CT molecular complexity index is 596. The summed E-state index contributed by atoms with van der Waals surface area (Å²) in [7, 11) is 1.73. The molecule has 1 aromatic heterocycles. The van der Waals surface area contributed by atoms with Gasteiger partial charge >= 0.3 is 0 Å². The van der Waals surface area contributed by atoms with E-state index in [1.54, 1.807) is 30.5 Å². The van der Waals surface area contributed by atoms with E-state index in [9.17, 15) is 4.79 Å². The summed E-state index contributed by atoms with van der Waals surface area (Å²) in [5.41, 5.74) is 0.669. The van der Waals surface area contributed by atoms with Gasteiger partial charge < -0.3 is 16.0 Å². The van der Waals surface area contributed by atoms with Crippen LogP contribution in [-0.4, -0.2) is 32.0 Å². The van der Waals surface area contributed by atoms with Gasteiger partial charge in [-0.05, 0) is 23.6 Å². The molecule has 0 saturated heterocycles. The Morgan fingerprint density at radius 1 is 1.05 bits per heavy atom. The first-order valence-electron chi connectivity index (χ1n) is 7.10. The largest absolute Gasteiger partial charge is 0.355 e. The number of nitrogens with zero attached hydrogens (tertiary/aromatic N) is 1. The second-order valence-corrected chi connectivity index (χ2v) is 5.59. The first-order valence-corrected chi connectivity index (χ1v) is 7.97. The average Bonchev–Trinajstić information content (AvgIpc) is 3.08. The van der Waals surface area contributed by atoms with Crippen LogP contribution in [0.15, 0.2) is 52.8 Å². The van der Waals surface area contributed by atoms with Crippen molar-refractivity contribution in [1.29, 1.82) is 0 Å². The Kier molecular flexibility index (Phi) is 6.44. The lowest BCUT2D eigenvalue weighted by atomic mass is 10.2. The first kappa shape index (κ1) is 16.0. The third-order valence-electron chi connectivity index (χ3n) is 2.97. The molecule has 6 heteroatoms. The molecular formula is C16H20N4OS. The standard InChI is InChI=1S/C16H20N4OS/c1-17-16(20-12-14-8-5-11-22-14)19-10-9-18-15(21)13-6-3-2-4-7-13/h2-8,11H,9-10,12H2,1H3,(H,18,21)(H2,17,19,20). The molecule has 0 aliphatic carbocycles. The van der Waals surface area contributed by atoms with Gasteiger partial charge in [-0.2, -0.15) is 0 Å². The van der Waals surface area contributed by atoms with E-state index in [0.717, 1.165) is 12.5 Å². The van der Waals surface area contributed by atoms with Crippen molar-refractivity contribution in [1.82, 2.24) is 16.0 Å². The molecule has 0 aliphatic heterocycles. The fourth-order valence-electron chi connectivity index (χ4n) is 1.85. The van der Waals surface area contributed by atoms with E-state index in [4.69, 9.17) is 0 Å². The number of hydrogen-bond donors (Lipinski definition) is 3. The molecule has 0 radical (unpaired) electrons. The van der Waals surface area contributed by atoms with Crippen molar-refractivity contribution in [2.45, 2.75) is 6.54 Å². The molecule has 22 heavy (non-hydrogen) atoms. The van der Waals surface area contributed by atoms with Crippen LogP contribution in [-0.2, 0) is 6.54 Å². The third-order valence-corrected chi connectivity index (χ3v) is 3.85. The number of hydrogen-bond acceptors (Lipinski definition) is 3. The summed E-state index contributed by atoms with van der Waals surface area (Å²) in [6.07, 6.45) is 0. The van der Waals surface area contributed by atoms with Crippen LogP contribution in [0.3, 0.4) is 0 Å². The summed E-state index contributed by atoms with van der Waals surface area (Å²) >= 11 is 1.70. The number of thiophene rings is 1. The van der Waals surface area contributed by atoms with Gasteiger partial charge in [0, 0.05) is 30.6 Å². The molecule has 0 fully saturated rings. The van der Waals surface area contributed by atoms with E-state index in [-0.39, 0.29) is 5.91 Å². The van der Waals surface area contributed by atoms with Crippen LogP contribution in [0, 0.1) is 0 Å². The van der Waals surface area contributed by atoms with E-state index < -0.39 is 0 Å². The third kappa shape index (κ3) is 5.21. The molecule has 0 aliphatic rings. The van der Waals surface area contributed by atoms with Crippen molar-refractivity contribution in [2.75, 3.05) is 20.1 Å². The van der Waals surface area contributed by atoms with Gasteiger partial charge in [0.1, 0.15) is 0 Å². The fraction of sp³-hybridized carbons (Fsp3) is 0.250. The lowest BCUT2D eigenvalue weighted by molar-refractivity contribution is 0.0954. The van der Waals surface area contributed by atoms with Gasteiger partial charge in [0.05, 0.1) is 6.54 Å². The number of aliphatic imine (C=N–C) groups is 1. The number of carbonyl (C=O) groups excluding carboxylic acids is 1. The summed E-state index contributed by atoms with van der Waals surface area (Å²) in [6, 6.07) is 13.3. The summed E-state index contributed by atoms with van der Waals surface area (Å²) < 4.78 is 0. The van der Waals surface area contributed by atoms with E-state index in [1.165, 1.54) is 4.88 Å². The van der Waals surface area contributed by atoms with Crippen LogP contribution in [0.4, 0.5) is 0 Å². The molecule has 1 amide bonds. The fourth-order valence-corrected chi connectivity index (χ4v) is 2.50. The second-order valence-electron chi connectivity index (χ2n) is 4.55. The minimum Gasteiger partial charge on any atom is -0.355 e. The van der Waals surface area contributed by atoms with E-state index in [0.29, 0.717) is 18.7 Å². The second kappa shape index (κ2) is 8.84. The monoisotopic (exact) mass is 316 g/mol. The highest BCUT2D eigenvalue weighted by molar-refractivity contribution is 7.09. The Morgan fingerprint density at radius 3 is 2.50 bits per heavy atom. The zero-order chi connectivity index (χ0) is 15.6. The minimum absolute atomic E-state index is 0.0658. The molecule has 3 N–H and O–H groups in total. The quantitative estimate of drug-likeness (QED) is 0.433. The number of nitrogens with one attached hydrogen (secondary N) is 3. The van der Waals surface area contributed by atoms with Gasteiger partial charge in [-0.1, -0.05) is 24.3 Å². The molecule has 2 rings (SSSR count). The maximum Gasteiger partial charge on any atom is 0.251 e. The van der Waals surface area contributed by atoms with E-state index in [1.807, 2.05) is 29.6 Å². The highest BCUT2D eigenvalue weighted by Crippen LogP contribution is 2.06. The predicted molar refractivity (Wildman–Crippen MR) is 91.3 cm³/mol. The number of carbonyl (C=O) groups is 1. The number of benzene rings is 1. The van der Waals surface area contributed by atoms with Gasteiger partial charge in [0.15, 0.2) is 5.96 Å². The summed E-state index contributed by atoms with van der Waals surface area (Å²) in [6.45, 7) is 1.89. The van der Waals surface area contributed by atoms with Crippen molar-refractivity contribution in [3.8, 4) is 0 Å². The van der Waals surface area contributed by atoms with Crippen LogP contribution in [0.2, 0.25) is 0 Å². The van der Waals surface area contributed by atoms with Gasteiger partial charge in [0.2, 0.25) is 0 Å². The van der Waals surface area contributed by atoms with E-state index in [2.05, 4.69) is 27.0 Å². The zero-order valence-electron chi connectivity index (χ0n) is 12.5. The van der Waals surface area contributed by atoms with Crippen molar-refractivity contribution in [3.05, 3.63) is 58.3 Å². The van der Waals surface area contributed by atoms with Gasteiger partial charge in [-0.3, -0.25) is 9.79 Å². The van der Waals surface area contributed by atoms with Crippen molar-refractivity contribution in [3.63, 3.8) is 0 Å². The average molecular weight is 316 g/mol. The Hall–Kier alpha value is -2.34. The Balaban J connectivity index is 1.65. The molecular weight excluding hydrogens is 296 g/mol. The van der Waals surface area contributed by atoms with Crippen LogP contribution in [0.5, 0.6) is 0 Å². The van der Waals surface area contributed by atoms with Crippen molar-refractivity contribution < 1.29 is 4.79 Å². The predicted octanol–water partition coefficient (Wildman–Crippen LogP) is 1.84. The van der Waals surface area contributed by atoms with Crippen LogP contribution in [0.25, 0.3) is 0 Å². The molecule has 0 atom stereocenters. The summed E-state index contributed by atoms with van der Waals surface area (Å²) in [5, 5.41) is 11.3. The lowest BCUT2D eigenvalue weighted by Crippen LogP contribution is -2.41. The van der Waals surface area contributed by atoms with Gasteiger partial charge in [-0.15, -0.1) is 11.3 Å². The SMILES string of the molecule is CN=C(NCCNC(=O)c1ccccc1)NCc1cccs1. The molecule has 2 aromatic rings. The van der Waals surface area contributed by atoms with Crippen molar-refractivity contribution in [2.24, 2.45) is 4.99 Å². The Morgan fingerprint density at radius 2 is 1.82 bits per heavy atom. The van der Waals surface area contributed by atoms with Crippen LogP contribution in [0.1, 0.15) is 15.2 Å². The molecule has 5 nitrogen and oxygen atoms in total. The van der Waals surface area contributed by atoms with Gasteiger partial charge in [0.25, 0.3) is 5.91 Å². The number of amides is 1. The molecule has 1 aromatic carbocycles. The van der Waals surface area contributed by atoms with Gasteiger partial charge in [-0.25, -0.2) is 0 Å². The van der Waals surface area contributed by atoms with E-state index >= 15 is 0 Å². The molecule has 0 saturated carbocycles.